The van der Waals surface area contributed by atoms with Crippen molar-refractivity contribution < 1.29 is 14.2 Å². The SMILES string of the molecule is CC(C)(C)C1CCC(OCC(O)CN2CCN(c3ccccc3F)CC2)CC1. The zero-order valence-electron chi connectivity index (χ0n) is 17.7. The van der Waals surface area contributed by atoms with Crippen LogP contribution in [0.5, 0.6) is 0 Å². The molecule has 2 aliphatic rings. The quantitative estimate of drug-likeness (QED) is 0.796. The van der Waals surface area contributed by atoms with E-state index in [1.54, 1.807) is 6.07 Å². The molecule has 1 unspecified atom stereocenters. The summed E-state index contributed by atoms with van der Waals surface area (Å²) < 4.78 is 20.0. The van der Waals surface area contributed by atoms with Gasteiger partial charge in [-0.05, 0) is 49.1 Å². The summed E-state index contributed by atoms with van der Waals surface area (Å²) in [4.78, 5) is 4.34. The summed E-state index contributed by atoms with van der Waals surface area (Å²) in [5, 5.41) is 10.4. The van der Waals surface area contributed by atoms with Crippen molar-refractivity contribution in [2.45, 2.75) is 58.7 Å². The molecule has 3 rings (SSSR count). The molecule has 1 N–H and O–H groups in total. The van der Waals surface area contributed by atoms with E-state index in [2.05, 4.69) is 30.6 Å². The first-order valence-corrected chi connectivity index (χ1v) is 10.8. The third-order valence-electron chi connectivity index (χ3n) is 6.46. The first kappa shape index (κ1) is 21.5. The molecular weight excluding hydrogens is 355 g/mol. The number of rotatable bonds is 6. The maximum absolute atomic E-state index is 13.9. The summed E-state index contributed by atoms with van der Waals surface area (Å²) in [6.45, 7) is 11.3. The highest BCUT2D eigenvalue weighted by Crippen LogP contribution is 2.38. The van der Waals surface area contributed by atoms with Crippen molar-refractivity contribution in [2.24, 2.45) is 11.3 Å². The van der Waals surface area contributed by atoms with Crippen LogP contribution >= 0.6 is 0 Å². The molecule has 1 aliphatic carbocycles. The van der Waals surface area contributed by atoms with E-state index in [0.717, 1.165) is 44.9 Å². The predicted octanol–water partition coefficient (Wildman–Crippen LogP) is 3.93. The molecule has 0 radical (unpaired) electrons. The van der Waals surface area contributed by atoms with E-state index in [4.69, 9.17) is 4.74 Å². The fraction of sp³-hybridized carbons (Fsp3) is 0.739. The average molecular weight is 393 g/mol. The van der Waals surface area contributed by atoms with Gasteiger partial charge in [-0.1, -0.05) is 32.9 Å². The topological polar surface area (TPSA) is 35.9 Å². The van der Waals surface area contributed by atoms with Gasteiger partial charge in [-0.15, -0.1) is 0 Å². The summed E-state index contributed by atoms with van der Waals surface area (Å²) in [5.41, 5.74) is 1.06. The van der Waals surface area contributed by atoms with Gasteiger partial charge in [-0.2, -0.15) is 0 Å². The van der Waals surface area contributed by atoms with E-state index >= 15 is 0 Å². The Kier molecular flexibility index (Phi) is 7.35. The van der Waals surface area contributed by atoms with E-state index in [1.165, 1.54) is 18.9 Å². The monoisotopic (exact) mass is 392 g/mol. The summed E-state index contributed by atoms with van der Waals surface area (Å²) in [5.74, 6) is 0.619. The van der Waals surface area contributed by atoms with Crippen molar-refractivity contribution in [3.05, 3.63) is 30.1 Å². The molecule has 0 aromatic heterocycles. The predicted molar refractivity (Wildman–Crippen MR) is 112 cm³/mol. The van der Waals surface area contributed by atoms with Gasteiger partial charge < -0.3 is 14.7 Å². The minimum atomic E-state index is -0.458. The maximum Gasteiger partial charge on any atom is 0.146 e. The highest BCUT2D eigenvalue weighted by molar-refractivity contribution is 5.47. The lowest BCUT2D eigenvalue weighted by atomic mass is 9.72. The Bertz CT molecular complexity index is 603. The van der Waals surface area contributed by atoms with Crippen molar-refractivity contribution >= 4 is 5.69 Å². The fourth-order valence-electron chi connectivity index (χ4n) is 4.57. The lowest BCUT2D eigenvalue weighted by Gasteiger charge is -2.38. The minimum Gasteiger partial charge on any atom is -0.389 e. The lowest BCUT2D eigenvalue weighted by molar-refractivity contribution is -0.0446. The Morgan fingerprint density at radius 2 is 1.71 bits per heavy atom. The highest BCUT2D eigenvalue weighted by atomic mass is 19.1. The number of β-amino-alcohol motifs (C(OH)–C–C–N with tert-alkyl or cyclic N) is 1. The van der Waals surface area contributed by atoms with E-state index in [0.29, 0.717) is 30.4 Å². The first-order chi connectivity index (χ1) is 13.3. The standard InChI is InChI=1S/C23H37FN2O2/c1-23(2,3)18-8-10-20(11-9-18)28-17-19(27)16-25-12-14-26(15-13-25)22-7-5-4-6-21(22)24/h4-7,18-20,27H,8-17H2,1-3H3. The van der Waals surface area contributed by atoms with Crippen molar-refractivity contribution in [3.8, 4) is 0 Å². The van der Waals surface area contributed by atoms with E-state index < -0.39 is 6.10 Å². The van der Waals surface area contributed by atoms with Gasteiger partial charge >= 0.3 is 0 Å². The van der Waals surface area contributed by atoms with Gasteiger partial charge in [0.25, 0.3) is 0 Å². The van der Waals surface area contributed by atoms with Gasteiger partial charge in [-0.25, -0.2) is 4.39 Å². The molecule has 1 saturated heterocycles. The van der Waals surface area contributed by atoms with Crippen LogP contribution < -0.4 is 4.90 Å². The van der Waals surface area contributed by atoms with Gasteiger partial charge in [0.1, 0.15) is 5.82 Å². The number of anilines is 1. The van der Waals surface area contributed by atoms with Crippen LogP contribution in [0.4, 0.5) is 10.1 Å². The zero-order chi connectivity index (χ0) is 20.1. The minimum absolute atomic E-state index is 0.162. The van der Waals surface area contributed by atoms with Crippen LogP contribution in [-0.4, -0.2) is 61.5 Å². The number of piperazine rings is 1. The number of aliphatic hydroxyl groups excluding tert-OH is 1. The van der Waals surface area contributed by atoms with Crippen molar-refractivity contribution in [3.63, 3.8) is 0 Å². The van der Waals surface area contributed by atoms with Crippen molar-refractivity contribution in [2.75, 3.05) is 44.2 Å². The zero-order valence-corrected chi connectivity index (χ0v) is 17.7. The molecule has 0 spiro atoms. The molecule has 28 heavy (non-hydrogen) atoms. The van der Waals surface area contributed by atoms with Gasteiger partial charge in [-0.3, -0.25) is 4.90 Å². The van der Waals surface area contributed by atoms with Crippen LogP contribution in [0.25, 0.3) is 0 Å². The smallest absolute Gasteiger partial charge is 0.146 e. The fourth-order valence-corrected chi connectivity index (χ4v) is 4.57. The Balaban J connectivity index is 1.34. The molecule has 1 saturated carbocycles. The summed E-state index contributed by atoms with van der Waals surface area (Å²) in [6, 6.07) is 6.95. The van der Waals surface area contributed by atoms with Crippen LogP contribution in [0.1, 0.15) is 46.5 Å². The molecule has 1 atom stereocenters. The Morgan fingerprint density at radius 3 is 2.32 bits per heavy atom. The molecule has 1 aromatic rings. The van der Waals surface area contributed by atoms with Crippen LogP contribution in [0.2, 0.25) is 0 Å². The molecule has 158 valence electrons. The maximum atomic E-state index is 13.9. The normalized spacial score (nSPS) is 25.7. The number of hydrogen-bond acceptors (Lipinski definition) is 4. The van der Waals surface area contributed by atoms with Gasteiger partial charge in [0.2, 0.25) is 0 Å². The molecular formula is C23H37FN2O2. The second-order valence-electron chi connectivity index (χ2n) is 9.57. The molecule has 1 aromatic carbocycles. The Morgan fingerprint density at radius 1 is 1.07 bits per heavy atom. The molecule has 4 nitrogen and oxygen atoms in total. The molecule has 0 bridgehead atoms. The number of aliphatic hydroxyl groups is 1. The number of nitrogens with zero attached hydrogens (tertiary/aromatic N) is 2. The first-order valence-electron chi connectivity index (χ1n) is 10.8. The van der Waals surface area contributed by atoms with Crippen molar-refractivity contribution in [1.82, 2.24) is 4.90 Å². The second kappa shape index (κ2) is 9.55. The van der Waals surface area contributed by atoms with Crippen LogP contribution in [-0.2, 0) is 4.74 Å². The number of para-hydroxylation sites is 1. The second-order valence-corrected chi connectivity index (χ2v) is 9.57. The van der Waals surface area contributed by atoms with Gasteiger partial charge in [0.15, 0.2) is 0 Å². The summed E-state index contributed by atoms with van der Waals surface area (Å²) in [6.07, 6.45) is 4.50. The third-order valence-corrected chi connectivity index (χ3v) is 6.46. The van der Waals surface area contributed by atoms with Crippen LogP contribution in [0.15, 0.2) is 24.3 Å². The van der Waals surface area contributed by atoms with E-state index in [9.17, 15) is 9.50 Å². The molecule has 2 fully saturated rings. The average Bonchev–Trinajstić information content (AvgIpc) is 2.67. The number of ether oxygens (including phenoxy) is 1. The Hall–Kier alpha value is -1.17. The summed E-state index contributed by atoms with van der Waals surface area (Å²) in [7, 11) is 0. The van der Waals surface area contributed by atoms with E-state index in [1.807, 2.05) is 12.1 Å². The molecule has 0 amide bonds. The molecule has 1 aliphatic heterocycles. The van der Waals surface area contributed by atoms with E-state index in [-0.39, 0.29) is 5.82 Å². The van der Waals surface area contributed by atoms with Gasteiger partial charge in [0, 0.05) is 32.7 Å². The highest BCUT2D eigenvalue weighted by Gasteiger charge is 2.30. The lowest BCUT2D eigenvalue weighted by Crippen LogP contribution is -2.49. The summed E-state index contributed by atoms with van der Waals surface area (Å²) >= 11 is 0. The number of benzene rings is 1. The molecule has 1 heterocycles. The number of halogens is 1. The van der Waals surface area contributed by atoms with Gasteiger partial charge in [0.05, 0.1) is 24.5 Å². The number of hydrogen-bond donors (Lipinski definition) is 1. The third kappa shape index (κ3) is 5.91. The Labute approximate surface area is 169 Å². The van der Waals surface area contributed by atoms with Crippen LogP contribution in [0, 0.1) is 17.2 Å². The largest absolute Gasteiger partial charge is 0.389 e. The molecule has 5 heteroatoms. The van der Waals surface area contributed by atoms with Crippen LogP contribution in [0.3, 0.4) is 0 Å². The van der Waals surface area contributed by atoms with Crippen molar-refractivity contribution in [1.29, 1.82) is 0 Å².